The second kappa shape index (κ2) is 6.23. The predicted octanol–water partition coefficient (Wildman–Crippen LogP) is 0.314. The second-order valence-electron chi connectivity index (χ2n) is 4.81. The smallest absolute Gasteiger partial charge is 0.306 e. The van der Waals surface area contributed by atoms with Gasteiger partial charge in [-0.3, -0.25) is 10.1 Å². The number of hydrazine groups is 1. The van der Waals surface area contributed by atoms with Crippen molar-refractivity contribution >= 4 is 32.0 Å². The Bertz CT molecular complexity index is 629. The summed E-state index contributed by atoms with van der Waals surface area (Å²) in [5, 5.41) is 10.8. The summed E-state index contributed by atoms with van der Waals surface area (Å²) in [7, 11) is -1.83. The fraction of sp³-hybridized carbons (Fsp3) is 0.600. The van der Waals surface area contributed by atoms with E-state index < -0.39 is 14.9 Å². The van der Waals surface area contributed by atoms with Gasteiger partial charge >= 0.3 is 5.69 Å². The third-order valence-electron chi connectivity index (χ3n) is 3.46. The largest absolute Gasteiger partial charge is 0.310 e. The number of nitrogens with zero attached hydrogens (tertiary/aromatic N) is 2. The predicted molar refractivity (Wildman–Crippen MR) is 79.6 cm³/mol. The first-order chi connectivity index (χ1) is 9.85. The number of sulfonamides is 1. The number of anilines is 1. The first-order valence-corrected chi connectivity index (χ1v) is 8.60. The van der Waals surface area contributed by atoms with Crippen LogP contribution >= 0.6 is 11.3 Å². The molecule has 9 nitrogen and oxygen atoms in total. The van der Waals surface area contributed by atoms with Gasteiger partial charge in [0, 0.05) is 18.7 Å². The summed E-state index contributed by atoms with van der Waals surface area (Å²) in [5.41, 5.74) is 1.80. The van der Waals surface area contributed by atoms with Crippen LogP contribution in [0.2, 0.25) is 0 Å². The van der Waals surface area contributed by atoms with Crippen molar-refractivity contribution in [2.24, 2.45) is 5.84 Å². The van der Waals surface area contributed by atoms with E-state index in [9.17, 15) is 18.5 Å². The van der Waals surface area contributed by atoms with Crippen LogP contribution < -0.4 is 16.0 Å². The summed E-state index contributed by atoms with van der Waals surface area (Å²) >= 11 is 0.736. The standard InChI is InChI=1S/C10H17N5O4S2/c1-14-4-2-3-7(14)6-12-21(18,19)9-5-8(15(16)17)10(13-11)20-9/h5,7,12-13H,2-4,6,11H2,1H3. The Hall–Kier alpha value is -1.27. The first kappa shape index (κ1) is 16.1. The molecular formula is C10H17N5O4S2. The van der Waals surface area contributed by atoms with E-state index in [1.165, 1.54) is 0 Å². The van der Waals surface area contributed by atoms with Crippen molar-refractivity contribution in [2.45, 2.75) is 23.1 Å². The Labute approximate surface area is 126 Å². The van der Waals surface area contributed by atoms with E-state index in [2.05, 4.69) is 15.0 Å². The monoisotopic (exact) mass is 335 g/mol. The summed E-state index contributed by atoms with van der Waals surface area (Å²) in [6.45, 7) is 1.23. The minimum Gasteiger partial charge on any atom is -0.310 e. The van der Waals surface area contributed by atoms with Crippen LogP contribution in [0.4, 0.5) is 10.7 Å². The van der Waals surface area contributed by atoms with Gasteiger partial charge in [0.25, 0.3) is 0 Å². The molecule has 11 heteroatoms. The average molecular weight is 335 g/mol. The van der Waals surface area contributed by atoms with Gasteiger partial charge in [-0.15, -0.1) is 0 Å². The summed E-state index contributed by atoms with van der Waals surface area (Å²) in [6, 6.07) is 1.17. The van der Waals surface area contributed by atoms with E-state index in [0.717, 1.165) is 36.8 Å². The van der Waals surface area contributed by atoms with Crippen molar-refractivity contribution in [1.29, 1.82) is 0 Å². The Morgan fingerprint density at radius 1 is 1.62 bits per heavy atom. The van der Waals surface area contributed by atoms with Crippen LogP contribution in [0.1, 0.15) is 12.8 Å². The van der Waals surface area contributed by atoms with E-state index in [1.807, 2.05) is 7.05 Å². The summed E-state index contributed by atoms with van der Waals surface area (Å²) in [6.07, 6.45) is 1.97. The molecule has 0 aromatic carbocycles. The minimum absolute atomic E-state index is 0.0124. The third-order valence-corrected chi connectivity index (χ3v) is 6.42. The number of nitrogens with two attached hydrogens (primary N) is 1. The molecule has 0 bridgehead atoms. The number of hydrogen-bond donors (Lipinski definition) is 3. The van der Waals surface area contributed by atoms with Crippen molar-refractivity contribution in [3.63, 3.8) is 0 Å². The lowest BCUT2D eigenvalue weighted by molar-refractivity contribution is -0.383. The number of thiophene rings is 1. The number of nitrogen functional groups attached to an aromatic ring is 1. The van der Waals surface area contributed by atoms with Crippen molar-refractivity contribution in [2.75, 3.05) is 25.6 Å². The number of nitrogens with one attached hydrogen (secondary N) is 2. The SMILES string of the molecule is CN1CCCC1CNS(=O)(=O)c1cc([N+](=O)[O-])c(NN)s1. The topological polar surface area (TPSA) is 131 Å². The van der Waals surface area contributed by atoms with Gasteiger partial charge in [0.15, 0.2) is 5.00 Å². The molecule has 21 heavy (non-hydrogen) atoms. The van der Waals surface area contributed by atoms with Crippen LogP contribution in [0, 0.1) is 10.1 Å². The van der Waals surface area contributed by atoms with Crippen LogP contribution in [0.15, 0.2) is 10.3 Å². The Morgan fingerprint density at radius 3 is 2.81 bits per heavy atom. The molecule has 2 heterocycles. The molecule has 0 saturated carbocycles. The number of nitro groups is 1. The normalized spacial score (nSPS) is 19.8. The highest BCUT2D eigenvalue weighted by Crippen LogP contribution is 2.36. The van der Waals surface area contributed by atoms with E-state index in [4.69, 9.17) is 5.84 Å². The molecule has 4 N–H and O–H groups in total. The second-order valence-corrected chi connectivity index (χ2v) is 7.86. The summed E-state index contributed by atoms with van der Waals surface area (Å²) in [5.74, 6) is 5.17. The van der Waals surface area contributed by atoms with Gasteiger partial charge in [0.2, 0.25) is 10.0 Å². The maximum Gasteiger partial charge on any atom is 0.306 e. The molecule has 0 amide bonds. The van der Waals surface area contributed by atoms with Gasteiger partial charge < -0.3 is 10.3 Å². The molecule has 1 aliphatic rings. The molecule has 0 radical (unpaired) electrons. The lowest BCUT2D eigenvalue weighted by atomic mass is 10.2. The van der Waals surface area contributed by atoms with Crippen LogP contribution in [-0.2, 0) is 10.0 Å². The molecule has 1 aliphatic heterocycles. The number of hydrogen-bond acceptors (Lipinski definition) is 8. The first-order valence-electron chi connectivity index (χ1n) is 6.30. The fourth-order valence-electron chi connectivity index (χ4n) is 2.25. The highest BCUT2D eigenvalue weighted by atomic mass is 32.2. The molecule has 2 rings (SSSR count). The minimum atomic E-state index is -3.77. The highest BCUT2D eigenvalue weighted by Gasteiger charge is 2.28. The Morgan fingerprint density at radius 2 is 2.33 bits per heavy atom. The average Bonchev–Trinajstić information content (AvgIpc) is 3.02. The van der Waals surface area contributed by atoms with E-state index >= 15 is 0 Å². The molecule has 1 aromatic heterocycles. The molecule has 1 saturated heterocycles. The van der Waals surface area contributed by atoms with Crippen molar-refractivity contribution in [3.8, 4) is 0 Å². The van der Waals surface area contributed by atoms with Crippen molar-refractivity contribution < 1.29 is 13.3 Å². The number of likely N-dealkylation sites (N-methyl/N-ethyl adjacent to an activating group) is 1. The van der Waals surface area contributed by atoms with E-state index in [0.29, 0.717) is 0 Å². The fourth-order valence-corrected chi connectivity index (χ4v) is 4.60. The molecule has 0 aliphatic carbocycles. The molecular weight excluding hydrogens is 318 g/mol. The van der Waals surface area contributed by atoms with Crippen LogP contribution in [0.3, 0.4) is 0 Å². The number of likely N-dealkylation sites (tertiary alicyclic amines) is 1. The Kier molecular flexibility index (Phi) is 4.78. The quantitative estimate of drug-likeness (QED) is 0.387. The summed E-state index contributed by atoms with van der Waals surface area (Å²) < 4.78 is 26.8. The zero-order valence-corrected chi connectivity index (χ0v) is 13.0. The highest BCUT2D eigenvalue weighted by molar-refractivity contribution is 7.91. The van der Waals surface area contributed by atoms with Crippen molar-refractivity contribution in [1.82, 2.24) is 9.62 Å². The van der Waals surface area contributed by atoms with E-state index in [1.54, 1.807) is 0 Å². The molecule has 1 fully saturated rings. The zero-order chi connectivity index (χ0) is 15.6. The zero-order valence-electron chi connectivity index (χ0n) is 11.4. The van der Waals surface area contributed by atoms with Gasteiger partial charge in [-0.25, -0.2) is 19.0 Å². The summed E-state index contributed by atoms with van der Waals surface area (Å²) in [4.78, 5) is 12.2. The van der Waals surface area contributed by atoms with Gasteiger partial charge in [-0.2, -0.15) is 0 Å². The van der Waals surface area contributed by atoms with Crippen LogP contribution in [0.5, 0.6) is 0 Å². The van der Waals surface area contributed by atoms with Gasteiger partial charge in [0.05, 0.1) is 4.92 Å². The van der Waals surface area contributed by atoms with E-state index in [-0.39, 0.29) is 27.5 Å². The lowest BCUT2D eigenvalue weighted by Crippen LogP contribution is -2.37. The molecule has 1 unspecified atom stereocenters. The molecule has 1 atom stereocenters. The molecule has 0 spiro atoms. The van der Waals surface area contributed by atoms with Gasteiger partial charge in [0.1, 0.15) is 4.21 Å². The van der Waals surface area contributed by atoms with Gasteiger partial charge in [-0.05, 0) is 26.4 Å². The molecule has 1 aromatic rings. The molecule has 118 valence electrons. The van der Waals surface area contributed by atoms with Crippen LogP contribution in [0.25, 0.3) is 0 Å². The van der Waals surface area contributed by atoms with Gasteiger partial charge in [-0.1, -0.05) is 11.3 Å². The maximum atomic E-state index is 12.2. The van der Waals surface area contributed by atoms with Crippen molar-refractivity contribution in [3.05, 3.63) is 16.2 Å². The maximum absolute atomic E-state index is 12.2. The van der Waals surface area contributed by atoms with Crippen LogP contribution in [-0.4, -0.2) is 44.4 Å². The Balaban J connectivity index is 2.14. The third kappa shape index (κ3) is 3.49. The lowest BCUT2D eigenvalue weighted by Gasteiger charge is -2.19. The number of rotatable bonds is 6.